The minimum Gasteiger partial charge on any atom is -0.489 e. The second-order valence-electron chi connectivity index (χ2n) is 7.66. The van der Waals surface area contributed by atoms with Crippen LogP contribution in [0.25, 0.3) is 0 Å². The van der Waals surface area contributed by atoms with Crippen LogP contribution in [-0.4, -0.2) is 25.0 Å². The Morgan fingerprint density at radius 2 is 1.44 bits per heavy atom. The zero-order valence-electron chi connectivity index (χ0n) is 18.3. The first kappa shape index (κ1) is 23.1. The number of nitrogens with one attached hydrogen (secondary N) is 1. The van der Waals surface area contributed by atoms with Gasteiger partial charge in [-0.05, 0) is 41.7 Å². The number of benzene rings is 3. The summed E-state index contributed by atoms with van der Waals surface area (Å²) in [6, 6.07) is 27.3. The van der Waals surface area contributed by atoms with Gasteiger partial charge in [-0.2, -0.15) is 0 Å². The van der Waals surface area contributed by atoms with Crippen LogP contribution in [0.4, 0.5) is 0 Å². The van der Waals surface area contributed by atoms with E-state index < -0.39 is 0 Å². The molecule has 32 heavy (non-hydrogen) atoms. The Kier molecular flexibility index (Phi) is 8.87. The molecule has 0 heterocycles. The molecule has 5 nitrogen and oxygen atoms in total. The smallest absolute Gasteiger partial charge is 0.305 e. The van der Waals surface area contributed by atoms with E-state index in [4.69, 9.17) is 9.47 Å². The van der Waals surface area contributed by atoms with Crippen LogP contribution in [0.15, 0.2) is 84.9 Å². The van der Waals surface area contributed by atoms with Gasteiger partial charge in [0.05, 0.1) is 13.5 Å². The fourth-order valence-electron chi connectivity index (χ4n) is 3.43. The Morgan fingerprint density at radius 1 is 0.812 bits per heavy atom. The zero-order valence-corrected chi connectivity index (χ0v) is 18.3. The van der Waals surface area contributed by atoms with Gasteiger partial charge < -0.3 is 14.8 Å². The fraction of sp³-hybridized carbons (Fsp3) is 0.259. The van der Waals surface area contributed by atoms with Crippen molar-refractivity contribution in [1.82, 2.24) is 5.32 Å². The molecule has 0 unspecified atom stereocenters. The summed E-state index contributed by atoms with van der Waals surface area (Å²) in [4.78, 5) is 24.2. The third-order valence-corrected chi connectivity index (χ3v) is 5.15. The summed E-state index contributed by atoms with van der Waals surface area (Å²) < 4.78 is 10.6. The van der Waals surface area contributed by atoms with Crippen LogP contribution < -0.4 is 10.1 Å². The van der Waals surface area contributed by atoms with Gasteiger partial charge in [-0.3, -0.25) is 9.59 Å². The second kappa shape index (κ2) is 12.3. The molecule has 166 valence electrons. The molecule has 3 aromatic carbocycles. The molecule has 0 bridgehead atoms. The molecule has 1 atom stereocenters. The number of carbonyl (C=O) groups is 2. The van der Waals surface area contributed by atoms with Crippen molar-refractivity contribution in [3.63, 3.8) is 0 Å². The first-order valence-corrected chi connectivity index (χ1v) is 10.8. The third kappa shape index (κ3) is 7.91. The van der Waals surface area contributed by atoms with Crippen LogP contribution in [0.1, 0.15) is 29.5 Å². The van der Waals surface area contributed by atoms with Crippen molar-refractivity contribution in [3.8, 4) is 5.75 Å². The molecule has 1 amide bonds. The largest absolute Gasteiger partial charge is 0.489 e. The van der Waals surface area contributed by atoms with Gasteiger partial charge in [0.25, 0.3) is 0 Å². The molecule has 0 aromatic heterocycles. The Hall–Kier alpha value is -3.60. The van der Waals surface area contributed by atoms with E-state index in [0.717, 1.165) is 22.4 Å². The van der Waals surface area contributed by atoms with Gasteiger partial charge in [0, 0.05) is 12.5 Å². The summed E-state index contributed by atoms with van der Waals surface area (Å²) in [5.74, 6) is 0.447. The Bertz CT molecular complexity index is 972. The lowest BCUT2D eigenvalue weighted by Crippen LogP contribution is -2.37. The quantitative estimate of drug-likeness (QED) is 0.455. The van der Waals surface area contributed by atoms with Crippen LogP contribution >= 0.6 is 0 Å². The molecule has 0 spiro atoms. The lowest BCUT2D eigenvalue weighted by atomic mass is 10.0. The van der Waals surface area contributed by atoms with E-state index >= 15 is 0 Å². The Balaban J connectivity index is 1.57. The predicted octanol–water partition coefficient (Wildman–Crippen LogP) is 4.49. The summed E-state index contributed by atoms with van der Waals surface area (Å²) in [5, 5.41) is 3.08. The number of rotatable bonds is 11. The Labute approximate surface area is 189 Å². The molecule has 3 aromatic rings. The van der Waals surface area contributed by atoms with Crippen molar-refractivity contribution < 1.29 is 19.1 Å². The first-order chi connectivity index (χ1) is 15.6. The molecule has 0 fully saturated rings. The van der Waals surface area contributed by atoms with E-state index in [1.54, 1.807) is 0 Å². The van der Waals surface area contributed by atoms with Crippen LogP contribution in [-0.2, 0) is 33.8 Å². The van der Waals surface area contributed by atoms with Gasteiger partial charge >= 0.3 is 5.97 Å². The van der Waals surface area contributed by atoms with Crippen molar-refractivity contribution in [2.24, 2.45) is 0 Å². The summed E-state index contributed by atoms with van der Waals surface area (Å²) in [7, 11) is 1.37. The minimum absolute atomic E-state index is 0.0612. The molecule has 0 aliphatic heterocycles. The second-order valence-corrected chi connectivity index (χ2v) is 7.66. The number of amides is 1. The van der Waals surface area contributed by atoms with E-state index in [0.29, 0.717) is 25.9 Å². The van der Waals surface area contributed by atoms with E-state index in [2.05, 4.69) is 5.32 Å². The number of hydrogen-bond acceptors (Lipinski definition) is 4. The average molecular weight is 432 g/mol. The lowest BCUT2D eigenvalue weighted by Gasteiger charge is -2.19. The van der Waals surface area contributed by atoms with Gasteiger partial charge in [0.15, 0.2) is 0 Å². The molecule has 5 heteroatoms. The number of carbonyl (C=O) groups excluding carboxylic acids is 2. The normalized spacial score (nSPS) is 11.4. The maximum Gasteiger partial charge on any atom is 0.305 e. The van der Waals surface area contributed by atoms with E-state index in [-0.39, 0.29) is 24.3 Å². The van der Waals surface area contributed by atoms with Gasteiger partial charge in [-0.15, -0.1) is 0 Å². The maximum absolute atomic E-state index is 12.6. The van der Waals surface area contributed by atoms with Gasteiger partial charge in [-0.25, -0.2) is 0 Å². The van der Waals surface area contributed by atoms with E-state index in [1.807, 2.05) is 84.9 Å². The standard InChI is InChI=1S/C27H29NO4/c1-31-27(30)17-14-24(28-26(29)19-21-8-4-2-5-9-21)18-22-12-15-25(16-13-22)32-20-23-10-6-3-7-11-23/h2-13,15-16,24H,14,17-20H2,1H3,(H,28,29)/t24-/m0/s1. The highest BCUT2D eigenvalue weighted by atomic mass is 16.5. The van der Waals surface area contributed by atoms with Crippen molar-refractivity contribution in [1.29, 1.82) is 0 Å². The van der Waals surface area contributed by atoms with Gasteiger partial charge in [0.2, 0.25) is 5.91 Å². The number of methoxy groups -OCH3 is 1. The van der Waals surface area contributed by atoms with Gasteiger partial charge in [0.1, 0.15) is 12.4 Å². The number of hydrogen-bond donors (Lipinski definition) is 1. The van der Waals surface area contributed by atoms with Crippen molar-refractivity contribution in [2.45, 2.75) is 38.3 Å². The summed E-state index contributed by atoms with van der Waals surface area (Å²) in [5.41, 5.74) is 3.13. The van der Waals surface area contributed by atoms with Crippen LogP contribution in [0.3, 0.4) is 0 Å². The molecule has 3 rings (SSSR count). The van der Waals surface area contributed by atoms with Gasteiger partial charge in [-0.1, -0.05) is 72.8 Å². The lowest BCUT2D eigenvalue weighted by molar-refractivity contribution is -0.141. The van der Waals surface area contributed by atoms with Crippen LogP contribution in [0, 0.1) is 0 Å². The summed E-state index contributed by atoms with van der Waals surface area (Å²) in [6.45, 7) is 0.511. The molecule has 0 aliphatic rings. The molecular weight excluding hydrogens is 402 g/mol. The highest BCUT2D eigenvalue weighted by Crippen LogP contribution is 2.17. The molecule has 0 saturated heterocycles. The summed E-state index contributed by atoms with van der Waals surface area (Å²) >= 11 is 0. The van der Waals surface area contributed by atoms with Crippen molar-refractivity contribution in [3.05, 3.63) is 102 Å². The maximum atomic E-state index is 12.6. The highest BCUT2D eigenvalue weighted by Gasteiger charge is 2.16. The molecule has 0 saturated carbocycles. The van der Waals surface area contributed by atoms with Crippen LogP contribution in [0.5, 0.6) is 5.75 Å². The number of esters is 1. The molecular formula is C27H29NO4. The predicted molar refractivity (Wildman–Crippen MR) is 124 cm³/mol. The van der Waals surface area contributed by atoms with E-state index in [1.165, 1.54) is 7.11 Å². The highest BCUT2D eigenvalue weighted by molar-refractivity contribution is 5.79. The molecule has 1 N–H and O–H groups in total. The SMILES string of the molecule is COC(=O)CC[C@@H](Cc1ccc(OCc2ccccc2)cc1)NC(=O)Cc1ccccc1. The first-order valence-electron chi connectivity index (χ1n) is 10.8. The van der Waals surface area contributed by atoms with Crippen molar-refractivity contribution >= 4 is 11.9 Å². The Morgan fingerprint density at radius 3 is 2.06 bits per heavy atom. The monoisotopic (exact) mass is 431 g/mol. The van der Waals surface area contributed by atoms with Crippen molar-refractivity contribution in [2.75, 3.05) is 7.11 Å². The fourth-order valence-corrected chi connectivity index (χ4v) is 3.43. The molecule has 0 radical (unpaired) electrons. The number of ether oxygens (including phenoxy) is 2. The average Bonchev–Trinajstić information content (AvgIpc) is 2.83. The minimum atomic E-state index is -0.281. The van der Waals surface area contributed by atoms with E-state index in [9.17, 15) is 9.59 Å². The van der Waals surface area contributed by atoms with Crippen LogP contribution in [0.2, 0.25) is 0 Å². The topological polar surface area (TPSA) is 64.6 Å². The summed E-state index contributed by atoms with van der Waals surface area (Å²) in [6.07, 6.45) is 1.70. The molecule has 0 aliphatic carbocycles. The third-order valence-electron chi connectivity index (χ3n) is 5.15. The zero-order chi connectivity index (χ0) is 22.6.